The highest BCUT2D eigenvalue weighted by Crippen LogP contribution is 2.23. The minimum absolute atomic E-state index is 0.0461. The van der Waals surface area contributed by atoms with Gasteiger partial charge < -0.3 is 5.32 Å². The van der Waals surface area contributed by atoms with E-state index in [9.17, 15) is 9.59 Å². The number of hydrogen-bond donors (Lipinski definition) is 3. The number of carbonyl (C=O) groups is 2. The van der Waals surface area contributed by atoms with Crippen molar-refractivity contribution in [2.24, 2.45) is 5.84 Å². The molecule has 1 aromatic heterocycles. The highest BCUT2D eigenvalue weighted by atomic mass is 32.1. The molecule has 1 aromatic rings. The van der Waals surface area contributed by atoms with E-state index in [2.05, 4.69) is 15.6 Å². The lowest BCUT2D eigenvalue weighted by Crippen LogP contribution is -2.48. The Balaban J connectivity index is 2.13. The lowest BCUT2D eigenvalue weighted by Gasteiger charge is -2.34. The molecule has 0 radical (unpaired) electrons. The predicted molar refractivity (Wildman–Crippen MR) is 78.1 cm³/mol. The predicted octanol–water partition coefficient (Wildman–Crippen LogP) is 0.452. The van der Waals surface area contributed by atoms with Gasteiger partial charge in [-0.15, -0.1) is 11.3 Å². The van der Waals surface area contributed by atoms with Gasteiger partial charge in [-0.1, -0.05) is 6.42 Å². The van der Waals surface area contributed by atoms with Gasteiger partial charge in [-0.2, -0.15) is 0 Å². The van der Waals surface area contributed by atoms with Gasteiger partial charge in [0.15, 0.2) is 0 Å². The molecule has 1 fully saturated rings. The van der Waals surface area contributed by atoms with Crippen molar-refractivity contribution in [3.63, 3.8) is 0 Å². The van der Waals surface area contributed by atoms with E-state index in [1.165, 1.54) is 11.3 Å². The summed E-state index contributed by atoms with van der Waals surface area (Å²) < 4.78 is 0. The first-order valence-corrected chi connectivity index (χ1v) is 7.58. The van der Waals surface area contributed by atoms with Crippen molar-refractivity contribution in [2.45, 2.75) is 31.8 Å². The number of likely N-dealkylation sites (tertiary alicyclic amines) is 1. The molecule has 6 nitrogen and oxygen atoms in total. The summed E-state index contributed by atoms with van der Waals surface area (Å²) in [6.45, 7) is 1.47. The minimum atomic E-state index is -0.275. The normalized spacial score (nSPS) is 19.6. The molecular formula is C13H20N4O2S. The molecule has 7 heteroatoms. The summed E-state index contributed by atoms with van der Waals surface area (Å²) in [5.41, 5.74) is 3.09. The summed E-state index contributed by atoms with van der Waals surface area (Å²) in [6, 6.07) is 1.81. The number of likely N-dealkylation sites (N-methyl/N-ethyl adjacent to an activating group) is 1. The maximum absolute atomic E-state index is 11.9. The summed E-state index contributed by atoms with van der Waals surface area (Å²) in [7, 11) is 1.66. The van der Waals surface area contributed by atoms with Crippen LogP contribution in [0, 0.1) is 0 Å². The van der Waals surface area contributed by atoms with E-state index >= 15 is 0 Å². The third-order valence-corrected chi connectivity index (χ3v) is 4.58. The minimum Gasteiger partial charge on any atom is -0.358 e. The molecule has 0 spiro atoms. The number of hydrazine groups is 1. The van der Waals surface area contributed by atoms with Crippen LogP contribution in [0.4, 0.5) is 0 Å². The number of carbonyl (C=O) groups excluding carboxylic acids is 2. The Bertz CT molecular complexity index is 488. The molecule has 1 unspecified atom stereocenters. The molecule has 0 aliphatic carbocycles. The maximum atomic E-state index is 11.9. The van der Waals surface area contributed by atoms with E-state index < -0.39 is 0 Å². The average molecular weight is 296 g/mol. The molecule has 1 saturated heterocycles. The number of piperidine rings is 1. The van der Waals surface area contributed by atoms with Crippen LogP contribution in [0.5, 0.6) is 0 Å². The summed E-state index contributed by atoms with van der Waals surface area (Å²) in [4.78, 5) is 26.4. The summed E-state index contributed by atoms with van der Waals surface area (Å²) >= 11 is 1.37. The van der Waals surface area contributed by atoms with Gasteiger partial charge in [0.05, 0.1) is 10.9 Å². The molecule has 2 rings (SSSR count). The number of hydrogen-bond acceptors (Lipinski definition) is 5. The molecule has 0 saturated carbocycles. The topological polar surface area (TPSA) is 87.5 Å². The Morgan fingerprint density at radius 3 is 3.00 bits per heavy atom. The number of amides is 2. The third kappa shape index (κ3) is 3.17. The average Bonchev–Trinajstić information content (AvgIpc) is 2.94. The fraction of sp³-hybridized carbons (Fsp3) is 0.538. The van der Waals surface area contributed by atoms with Crippen molar-refractivity contribution in [3.8, 4) is 0 Å². The largest absolute Gasteiger partial charge is 0.358 e. The van der Waals surface area contributed by atoms with Crippen molar-refractivity contribution in [2.75, 3.05) is 13.6 Å². The highest BCUT2D eigenvalue weighted by molar-refractivity contribution is 7.12. The number of nitrogen functional groups attached to an aromatic ring is 1. The molecule has 0 bridgehead atoms. The van der Waals surface area contributed by atoms with Gasteiger partial charge in [-0.25, -0.2) is 5.84 Å². The van der Waals surface area contributed by atoms with Crippen LogP contribution in [0.25, 0.3) is 0 Å². The van der Waals surface area contributed by atoms with Crippen LogP contribution in [0.2, 0.25) is 0 Å². The van der Waals surface area contributed by atoms with Crippen LogP contribution in [-0.2, 0) is 11.3 Å². The second-order valence-electron chi connectivity index (χ2n) is 4.84. The summed E-state index contributed by atoms with van der Waals surface area (Å²) in [6.07, 6.45) is 3.01. The summed E-state index contributed by atoms with van der Waals surface area (Å²) in [5.74, 6) is 4.96. The fourth-order valence-corrected chi connectivity index (χ4v) is 3.41. The van der Waals surface area contributed by atoms with Crippen molar-refractivity contribution >= 4 is 23.2 Å². The first-order valence-electron chi connectivity index (χ1n) is 6.70. The van der Waals surface area contributed by atoms with Crippen LogP contribution in [0.3, 0.4) is 0 Å². The molecule has 0 aromatic carbocycles. The number of thiophene rings is 1. The van der Waals surface area contributed by atoms with Crippen molar-refractivity contribution < 1.29 is 9.59 Å². The Hall–Kier alpha value is -1.44. The van der Waals surface area contributed by atoms with E-state index in [1.54, 1.807) is 7.05 Å². The molecular weight excluding hydrogens is 276 g/mol. The lowest BCUT2D eigenvalue weighted by molar-refractivity contribution is -0.127. The van der Waals surface area contributed by atoms with Crippen molar-refractivity contribution in [3.05, 3.63) is 21.9 Å². The van der Waals surface area contributed by atoms with Crippen LogP contribution in [-0.4, -0.2) is 36.3 Å². The Kier molecular flexibility index (Phi) is 5.11. The van der Waals surface area contributed by atoms with E-state index in [1.807, 2.05) is 11.4 Å². The second kappa shape index (κ2) is 6.83. The number of nitrogens with zero attached hydrogens (tertiary/aromatic N) is 1. The maximum Gasteiger partial charge on any atom is 0.275 e. The van der Waals surface area contributed by atoms with Gasteiger partial charge in [0.2, 0.25) is 5.91 Å². The highest BCUT2D eigenvalue weighted by Gasteiger charge is 2.29. The number of nitrogens with one attached hydrogen (secondary N) is 2. The van der Waals surface area contributed by atoms with Gasteiger partial charge in [-0.3, -0.25) is 19.9 Å². The smallest absolute Gasteiger partial charge is 0.275 e. The van der Waals surface area contributed by atoms with Crippen LogP contribution >= 0.6 is 11.3 Å². The first kappa shape index (κ1) is 15.0. The lowest BCUT2D eigenvalue weighted by atomic mass is 10.0. The quantitative estimate of drug-likeness (QED) is 0.428. The molecule has 1 aliphatic rings. The van der Waals surface area contributed by atoms with Gasteiger partial charge in [-0.05, 0) is 36.4 Å². The molecule has 20 heavy (non-hydrogen) atoms. The van der Waals surface area contributed by atoms with Crippen molar-refractivity contribution in [1.29, 1.82) is 0 Å². The zero-order valence-corrected chi connectivity index (χ0v) is 12.3. The molecule has 1 aliphatic heterocycles. The van der Waals surface area contributed by atoms with E-state index in [-0.39, 0.29) is 17.9 Å². The molecule has 110 valence electrons. The van der Waals surface area contributed by atoms with Crippen molar-refractivity contribution in [1.82, 2.24) is 15.6 Å². The van der Waals surface area contributed by atoms with E-state index in [0.29, 0.717) is 11.4 Å². The Labute approximate surface area is 122 Å². The number of rotatable bonds is 4. The molecule has 2 amide bonds. The first-order chi connectivity index (χ1) is 9.67. The zero-order chi connectivity index (χ0) is 14.5. The molecule has 2 heterocycles. The molecule has 1 atom stereocenters. The van der Waals surface area contributed by atoms with Gasteiger partial charge in [0.25, 0.3) is 5.91 Å². The van der Waals surface area contributed by atoms with Crippen LogP contribution < -0.4 is 16.6 Å². The summed E-state index contributed by atoms with van der Waals surface area (Å²) in [5, 5.41) is 4.59. The van der Waals surface area contributed by atoms with E-state index in [0.717, 1.165) is 31.4 Å². The second-order valence-corrected chi connectivity index (χ2v) is 5.76. The van der Waals surface area contributed by atoms with Crippen LogP contribution in [0.15, 0.2) is 11.4 Å². The zero-order valence-electron chi connectivity index (χ0n) is 11.5. The van der Waals surface area contributed by atoms with Gasteiger partial charge in [0, 0.05) is 13.6 Å². The Morgan fingerprint density at radius 1 is 1.50 bits per heavy atom. The fourth-order valence-electron chi connectivity index (χ4n) is 2.59. The van der Waals surface area contributed by atoms with Crippen LogP contribution in [0.1, 0.15) is 34.5 Å². The third-order valence-electron chi connectivity index (χ3n) is 3.62. The van der Waals surface area contributed by atoms with Gasteiger partial charge >= 0.3 is 0 Å². The number of nitrogens with two attached hydrogens (primary N) is 1. The molecule has 4 N–H and O–H groups in total. The SMILES string of the molecule is CNC(=O)C1CCCCN1Cc1ccsc1C(=O)NN. The van der Waals surface area contributed by atoms with Gasteiger partial charge in [0.1, 0.15) is 0 Å². The monoisotopic (exact) mass is 296 g/mol. The Morgan fingerprint density at radius 2 is 2.30 bits per heavy atom. The standard InChI is InChI=1S/C13H20N4O2S/c1-15-12(18)10-4-2-3-6-17(10)8-9-5-7-20-11(9)13(19)16-14/h5,7,10H,2-4,6,8,14H2,1H3,(H,15,18)(H,16,19). The van der Waals surface area contributed by atoms with E-state index in [4.69, 9.17) is 5.84 Å².